The van der Waals surface area contributed by atoms with Gasteiger partial charge in [0.1, 0.15) is 5.82 Å². The molecule has 1 aromatic rings. The average Bonchev–Trinajstić information content (AvgIpc) is 2.26. The molecule has 0 unspecified atom stereocenters. The van der Waals surface area contributed by atoms with E-state index in [0.717, 1.165) is 24.5 Å². The van der Waals surface area contributed by atoms with Crippen molar-refractivity contribution in [1.29, 1.82) is 0 Å². The fourth-order valence-corrected chi connectivity index (χ4v) is 1.30. The zero-order valence-corrected chi connectivity index (χ0v) is 9.97. The van der Waals surface area contributed by atoms with Gasteiger partial charge in [-0.2, -0.15) is 0 Å². The predicted molar refractivity (Wildman–Crippen MR) is 63.4 cm³/mol. The van der Waals surface area contributed by atoms with Crippen molar-refractivity contribution in [3.05, 3.63) is 22.8 Å². The lowest BCUT2D eigenvalue weighted by molar-refractivity contribution is 0.131. The smallest absolute Gasteiger partial charge is 0.126 e. The number of nitrogens with one attached hydrogen (secondary N) is 1. The van der Waals surface area contributed by atoms with Crippen molar-refractivity contribution in [2.45, 2.75) is 26.9 Å². The maximum atomic E-state index is 6.00. The minimum Gasteiger partial charge on any atom is -0.375 e. The largest absolute Gasteiger partial charge is 0.375 e. The number of anilines is 1. The second kappa shape index (κ2) is 6.64. The summed E-state index contributed by atoms with van der Waals surface area (Å²) in [4.78, 5) is 4.38. The molecule has 0 bridgehead atoms. The third kappa shape index (κ3) is 4.06. The molecule has 0 atom stereocenters. The summed E-state index contributed by atoms with van der Waals surface area (Å²) in [5.74, 6) is 0.857. The molecule has 0 saturated carbocycles. The molecule has 0 aliphatic rings. The van der Waals surface area contributed by atoms with E-state index in [4.69, 9.17) is 16.3 Å². The zero-order chi connectivity index (χ0) is 11.1. The van der Waals surface area contributed by atoms with Crippen molar-refractivity contribution < 1.29 is 4.74 Å². The van der Waals surface area contributed by atoms with Gasteiger partial charge in [0.25, 0.3) is 0 Å². The highest BCUT2D eigenvalue weighted by Crippen LogP contribution is 2.17. The van der Waals surface area contributed by atoms with Crippen LogP contribution in [0.1, 0.15) is 26.0 Å². The van der Waals surface area contributed by atoms with Crippen molar-refractivity contribution in [2.75, 3.05) is 18.5 Å². The minimum atomic E-state index is 0.469. The van der Waals surface area contributed by atoms with Gasteiger partial charge >= 0.3 is 0 Å². The summed E-state index contributed by atoms with van der Waals surface area (Å²) < 4.78 is 5.29. The van der Waals surface area contributed by atoms with Crippen LogP contribution >= 0.6 is 11.6 Å². The first-order valence-electron chi connectivity index (χ1n) is 5.25. The lowest BCUT2D eigenvalue weighted by atomic mass is 10.3. The summed E-state index contributed by atoms with van der Waals surface area (Å²) in [7, 11) is 0. The molecular weight excluding hydrogens is 212 g/mol. The van der Waals surface area contributed by atoms with Gasteiger partial charge in [-0.3, -0.25) is 0 Å². The van der Waals surface area contributed by atoms with E-state index < -0.39 is 0 Å². The van der Waals surface area contributed by atoms with Gasteiger partial charge < -0.3 is 10.1 Å². The molecule has 1 N–H and O–H groups in total. The summed E-state index contributed by atoms with van der Waals surface area (Å²) in [6.45, 7) is 6.13. The fourth-order valence-electron chi connectivity index (χ4n) is 1.14. The molecule has 0 radical (unpaired) electrons. The number of pyridine rings is 1. The van der Waals surface area contributed by atoms with Crippen LogP contribution in [0.15, 0.2) is 12.1 Å². The zero-order valence-electron chi connectivity index (χ0n) is 9.22. The van der Waals surface area contributed by atoms with Crippen molar-refractivity contribution in [2.24, 2.45) is 0 Å². The summed E-state index contributed by atoms with van der Waals surface area (Å²) in [6.07, 6.45) is 1.07. The molecule has 15 heavy (non-hydrogen) atoms. The number of halogens is 1. The second-order valence-corrected chi connectivity index (χ2v) is 3.60. The van der Waals surface area contributed by atoms with Crippen LogP contribution in [0.2, 0.25) is 5.02 Å². The van der Waals surface area contributed by atoms with E-state index in [1.54, 1.807) is 0 Å². The number of nitrogens with zero attached hydrogens (tertiary/aromatic N) is 1. The van der Waals surface area contributed by atoms with Gasteiger partial charge in [0, 0.05) is 13.2 Å². The summed E-state index contributed by atoms with van der Waals surface area (Å²) in [5, 5.41) is 3.87. The molecule has 0 saturated heterocycles. The molecule has 0 amide bonds. The Morgan fingerprint density at radius 3 is 2.87 bits per heavy atom. The van der Waals surface area contributed by atoms with Crippen LogP contribution in [-0.4, -0.2) is 18.1 Å². The SMILES string of the molecule is CCCNc1ccc(Cl)c(COCC)n1. The van der Waals surface area contributed by atoms with Crippen molar-refractivity contribution in [3.63, 3.8) is 0 Å². The van der Waals surface area contributed by atoms with Crippen LogP contribution in [0.3, 0.4) is 0 Å². The lowest BCUT2D eigenvalue weighted by Gasteiger charge is -2.08. The monoisotopic (exact) mass is 228 g/mol. The van der Waals surface area contributed by atoms with Crippen LogP contribution in [0.4, 0.5) is 5.82 Å². The first kappa shape index (κ1) is 12.3. The number of ether oxygens (including phenoxy) is 1. The third-order valence-electron chi connectivity index (χ3n) is 1.92. The normalized spacial score (nSPS) is 10.3. The van der Waals surface area contributed by atoms with Crippen LogP contribution in [0, 0.1) is 0 Å². The first-order valence-corrected chi connectivity index (χ1v) is 5.62. The highest BCUT2D eigenvalue weighted by molar-refractivity contribution is 6.31. The molecular formula is C11H17ClN2O. The van der Waals surface area contributed by atoms with Gasteiger partial charge in [-0.1, -0.05) is 18.5 Å². The number of hydrogen-bond acceptors (Lipinski definition) is 3. The van der Waals surface area contributed by atoms with Gasteiger partial charge in [0.05, 0.1) is 17.3 Å². The number of hydrogen-bond donors (Lipinski definition) is 1. The maximum absolute atomic E-state index is 6.00. The minimum absolute atomic E-state index is 0.469. The first-order chi connectivity index (χ1) is 7.27. The topological polar surface area (TPSA) is 34.1 Å². The molecule has 1 rings (SSSR count). The van der Waals surface area contributed by atoms with E-state index in [-0.39, 0.29) is 0 Å². The van der Waals surface area contributed by atoms with Crippen molar-refractivity contribution in [1.82, 2.24) is 4.98 Å². The van der Waals surface area contributed by atoms with Crippen LogP contribution in [0.25, 0.3) is 0 Å². The fraction of sp³-hybridized carbons (Fsp3) is 0.545. The van der Waals surface area contributed by atoms with Crippen LogP contribution in [-0.2, 0) is 11.3 Å². The molecule has 0 aliphatic carbocycles. The van der Waals surface area contributed by atoms with Gasteiger partial charge in [-0.15, -0.1) is 0 Å². The quantitative estimate of drug-likeness (QED) is 0.813. The molecule has 1 aromatic heterocycles. The van der Waals surface area contributed by atoms with Crippen molar-refractivity contribution in [3.8, 4) is 0 Å². The average molecular weight is 229 g/mol. The van der Waals surface area contributed by atoms with Gasteiger partial charge in [0.15, 0.2) is 0 Å². The molecule has 4 heteroatoms. The van der Waals surface area contributed by atoms with Gasteiger partial charge in [0.2, 0.25) is 0 Å². The van der Waals surface area contributed by atoms with Gasteiger partial charge in [-0.05, 0) is 25.5 Å². The van der Waals surface area contributed by atoms with E-state index in [1.165, 1.54) is 0 Å². The Bertz CT molecular complexity index is 305. The van der Waals surface area contributed by atoms with Crippen molar-refractivity contribution >= 4 is 17.4 Å². The molecule has 0 fully saturated rings. The predicted octanol–water partition coefficient (Wildman–Crippen LogP) is 3.09. The molecule has 84 valence electrons. The Hall–Kier alpha value is -0.800. The highest BCUT2D eigenvalue weighted by atomic mass is 35.5. The Balaban J connectivity index is 2.66. The Morgan fingerprint density at radius 2 is 2.20 bits per heavy atom. The van der Waals surface area contributed by atoms with Crippen LogP contribution in [0.5, 0.6) is 0 Å². The molecule has 1 heterocycles. The third-order valence-corrected chi connectivity index (χ3v) is 2.26. The van der Waals surface area contributed by atoms with Crippen LogP contribution < -0.4 is 5.32 Å². The maximum Gasteiger partial charge on any atom is 0.126 e. The summed E-state index contributed by atoms with van der Waals surface area (Å²) in [5.41, 5.74) is 0.791. The lowest BCUT2D eigenvalue weighted by Crippen LogP contribution is -2.04. The number of aromatic nitrogens is 1. The molecule has 0 aliphatic heterocycles. The van der Waals surface area contributed by atoms with E-state index >= 15 is 0 Å². The van der Waals surface area contributed by atoms with E-state index in [9.17, 15) is 0 Å². The van der Waals surface area contributed by atoms with E-state index in [0.29, 0.717) is 18.2 Å². The standard InChI is InChI=1S/C11H17ClN2O/c1-3-7-13-11-6-5-9(12)10(14-11)8-15-4-2/h5-6H,3-4,7-8H2,1-2H3,(H,13,14). The second-order valence-electron chi connectivity index (χ2n) is 3.19. The molecule has 0 aromatic carbocycles. The summed E-state index contributed by atoms with van der Waals surface area (Å²) >= 11 is 6.00. The molecule has 3 nitrogen and oxygen atoms in total. The highest BCUT2D eigenvalue weighted by Gasteiger charge is 2.03. The van der Waals surface area contributed by atoms with Gasteiger partial charge in [-0.25, -0.2) is 4.98 Å². The molecule has 0 spiro atoms. The number of rotatable bonds is 6. The Kier molecular flexibility index (Phi) is 5.43. The van der Waals surface area contributed by atoms with E-state index in [2.05, 4.69) is 17.2 Å². The Morgan fingerprint density at radius 1 is 1.40 bits per heavy atom. The summed E-state index contributed by atoms with van der Waals surface area (Å²) in [6, 6.07) is 3.73. The Labute approximate surface area is 95.8 Å². The van der Waals surface area contributed by atoms with E-state index in [1.807, 2.05) is 19.1 Å².